The van der Waals surface area contributed by atoms with Crippen LogP contribution >= 0.6 is 0 Å². The van der Waals surface area contributed by atoms with Crippen molar-refractivity contribution in [2.75, 3.05) is 33.4 Å². The van der Waals surface area contributed by atoms with Crippen LogP contribution in [0.25, 0.3) is 0 Å². The van der Waals surface area contributed by atoms with E-state index in [1.165, 1.54) is 6.07 Å². The van der Waals surface area contributed by atoms with E-state index in [0.717, 1.165) is 18.5 Å². The molecule has 3 saturated heterocycles. The van der Waals surface area contributed by atoms with Gasteiger partial charge in [-0.05, 0) is 25.8 Å². The SMILES string of the molecule is COCCN1C(=O)[C@@H]2CC[C@H]1CN(C(=O)CCn1c(C)cccc1=O)C2. The summed E-state index contributed by atoms with van der Waals surface area (Å²) in [6.07, 6.45) is 2.05. The lowest BCUT2D eigenvalue weighted by molar-refractivity contribution is -0.140. The van der Waals surface area contributed by atoms with Crippen LogP contribution in [-0.4, -0.2) is 65.6 Å². The van der Waals surface area contributed by atoms with Gasteiger partial charge in [0.15, 0.2) is 0 Å². The van der Waals surface area contributed by atoms with Crippen molar-refractivity contribution in [1.29, 1.82) is 0 Å². The van der Waals surface area contributed by atoms with Crippen LogP contribution in [0.2, 0.25) is 0 Å². The molecule has 0 saturated carbocycles. The van der Waals surface area contributed by atoms with Crippen molar-refractivity contribution in [1.82, 2.24) is 14.4 Å². The van der Waals surface area contributed by atoms with E-state index in [2.05, 4.69) is 0 Å². The van der Waals surface area contributed by atoms with Gasteiger partial charge in [0.25, 0.3) is 5.56 Å². The van der Waals surface area contributed by atoms with Crippen molar-refractivity contribution >= 4 is 11.8 Å². The van der Waals surface area contributed by atoms with Gasteiger partial charge in [-0.3, -0.25) is 14.4 Å². The van der Waals surface area contributed by atoms with Crippen LogP contribution in [0.15, 0.2) is 23.0 Å². The molecule has 2 bridgehead atoms. The number of carbonyl (C=O) groups is 2. The van der Waals surface area contributed by atoms with Crippen LogP contribution in [0.4, 0.5) is 0 Å². The Kier molecular flexibility index (Phi) is 5.76. The van der Waals surface area contributed by atoms with Gasteiger partial charge in [-0.25, -0.2) is 0 Å². The van der Waals surface area contributed by atoms with E-state index in [9.17, 15) is 14.4 Å². The number of hydrogen-bond acceptors (Lipinski definition) is 4. The van der Waals surface area contributed by atoms with Gasteiger partial charge in [0, 0.05) is 57.5 Å². The molecule has 1 aromatic heterocycles. The molecule has 0 N–H and O–H groups in total. The maximum Gasteiger partial charge on any atom is 0.250 e. The number of fused-ring (bicyclic) bond motifs is 4. The van der Waals surface area contributed by atoms with Gasteiger partial charge in [-0.2, -0.15) is 0 Å². The largest absolute Gasteiger partial charge is 0.383 e. The Morgan fingerprint density at radius 2 is 2.00 bits per heavy atom. The molecule has 0 unspecified atom stereocenters. The summed E-state index contributed by atoms with van der Waals surface area (Å²) >= 11 is 0. The quantitative estimate of drug-likeness (QED) is 0.746. The predicted octanol–water partition coefficient (Wildman–Crippen LogP) is 0.643. The fourth-order valence-corrected chi connectivity index (χ4v) is 4.00. The topological polar surface area (TPSA) is 71.8 Å². The Morgan fingerprint density at radius 3 is 2.73 bits per heavy atom. The molecule has 0 aromatic carbocycles. The minimum atomic E-state index is -0.115. The van der Waals surface area contributed by atoms with Crippen molar-refractivity contribution < 1.29 is 14.3 Å². The average molecular weight is 361 g/mol. The first-order chi connectivity index (χ1) is 12.5. The van der Waals surface area contributed by atoms with Crippen molar-refractivity contribution in [3.63, 3.8) is 0 Å². The summed E-state index contributed by atoms with van der Waals surface area (Å²) in [7, 11) is 1.63. The van der Waals surface area contributed by atoms with Gasteiger partial charge in [0.2, 0.25) is 11.8 Å². The van der Waals surface area contributed by atoms with E-state index < -0.39 is 0 Å². The highest BCUT2D eigenvalue weighted by Gasteiger charge is 2.41. The zero-order chi connectivity index (χ0) is 18.7. The Balaban J connectivity index is 1.65. The highest BCUT2D eigenvalue weighted by atomic mass is 16.5. The summed E-state index contributed by atoms with van der Waals surface area (Å²) in [6.45, 7) is 4.39. The number of nitrogens with zero attached hydrogens (tertiary/aromatic N) is 3. The Hall–Kier alpha value is -2.15. The molecule has 7 nitrogen and oxygen atoms in total. The van der Waals surface area contributed by atoms with Crippen LogP contribution in [-0.2, 0) is 20.9 Å². The average Bonchev–Trinajstić information content (AvgIpc) is 2.91. The second-order valence-electron chi connectivity index (χ2n) is 7.16. The smallest absolute Gasteiger partial charge is 0.250 e. The third-order valence-electron chi connectivity index (χ3n) is 5.50. The molecular formula is C19H27N3O4. The van der Waals surface area contributed by atoms with Gasteiger partial charge in [0.1, 0.15) is 0 Å². The summed E-state index contributed by atoms with van der Waals surface area (Å²) in [6, 6.07) is 5.17. The molecule has 2 atom stereocenters. The highest BCUT2D eigenvalue weighted by Crippen LogP contribution is 2.29. The molecule has 4 heterocycles. The number of hydrogen-bond donors (Lipinski definition) is 0. The fourth-order valence-electron chi connectivity index (χ4n) is 4.00. The minimum Gasteiger partial charge on any atom is -0.383 e. The Labute approximate surface area is 153 Å². The molecule has 142 valence electrons. The first kappa shape index (κ1) is 18.6. The van der Waals surface area contributed by atoms with Crippen molar-refractivity contribution in [3.05, 3.63) is 34.2 Å². The summed E-state index contributed by atoms with van der Waals surface area (Å²) in [5.74, 6) is 0.0397. The van der Waals surface area contributed by atoms with Gasteiger partial charge in [-0.15, -0.1) is 0 Å². The number of carbonyl (C=O) groups excluding carboxylic acids is 2. The molecule has 7 heteroatoms. The van der Waals surface area contributed by atoms with Crippen molar-refractivity contribution in [3.8, 4) is 0 Å². The summed E-state index contributed by atoms with van der Waals surface area (Å²) in [4.78, 5) is 41.0. The first-order valence-electron chi connectivity index (χ1n) is 9.25. The highest BCUT2D eigenvalue weighted by molar-refractivity contribution is 5.83. The molecule has 3 aliphatic heterocycles. The summed E-state index contributed by atoms with van der Waals surface area (Å²) in [5, 5.41) is 0. The Morgan fingerprint density at radius 1 is 1.19 bits per heavy atom. The first-order valence-corrected chi connectivity index (χ1v) is 9.25. The lowest BCUT2D eigenvalue weighted by Gasteiger charge is -2.35. The molecule has 1 aromatic rings. The maximum atomic E-state index is 12.7. The van der Waals surface area contributed by atoms with E-state index in [1.54, 1.807) is 17.7 Å². The molecule has 0 spiro atoms. The third-order valence-corrected chi connectivity index (χ3v) is 5.50. The summed E-state index contributed by atoms with van der Waals surface area (Å²) in [5.41, 5.74) is 0.761. The molecule has 0 radical (unpaired) electrons. The number of amides is 2. The van der Waals surface area contributed by atoms with Crippen molar-refractivity contribution in [2.45, 2.75) is 38.8 Å². The molecule has 4 rings (SSSR count). The zero-order valence-corrected chi connectivity index (χ0v) is 15.5. The third kappa shape index (κ3) is 3.82. The fraction of sp³-hybridized carbons (Fsp3) is 0.632. The standard InChI is InChI=1S/C19H27N3O4/c1-14-4-3-5-18(24)21(14)9-8-17(23)20-12-15-6-7-16(13-20)22(19(15)25)10-11-26-2/h3-5,15-16H,6-13H2,1-2H3/t15-,16+/m1/s1. The second kappa shape index (κ2) is 8.03. The number of piperidine rings is 1. The van der Waals surface area contributed by atoms with Gasteiger partial charge in [0.05, 0.1) is 12.5 Å². The van der Waals surface area contributed by atoms with Gasteiger partial charge < -0.3 is 19.1 Å². The summed E-state index contributed by atoms with van der Waals surface area (Å²) < 4.78 is 6.74. The van der Waals surface area contributed by atoms with E-state index in [-0.39, 0.29) is 35.8 Å². The number of methoxy groups -OCH3 is 1. The van der Waals surface area contributed by atoms with Crippen molar-refractivity contribution in [2.24, 2.45) is 5.92 Å². The number of ether oxygens (including phenoxy) is 1. The number of aromatic nitrogens is 1. The van der Waals surface area contributed by atoms with Crippen LogP contribution < -0.4 is 5.56 Å². The Bertz CT molecular complexity index is 730. The maximum absolute atomic E-state index is 12.7. The van der Waals surface area contributed by atoms with Crippen LogP contribution in [0.5, 0.6) is 0 Å². The minimum absolute atomic E-state index is 0.0124. The second-order valence-corrected chi connectivity index (χ2v) is 7.16. The van der Waals surface area contributed by atoms with E-state index in [4.69, 9.17) is 4.74 Å². The lowest BCUT2D eigenvalue weighted by atomic mass is 9.94. The molecule has 26 heavy (non-hydrogen) atoms. The van der Waals surface area contributed by atoms with E-state index in [0.29, 0.717) is 32.8 Å². The van der Waals surface area contributed by atoms with E-state index in [1.807, 2.05) is 22.8 Å². The molecule has 3 fully saturated rings. The van der Waals surface area contributed by atoms with Crippen LogP contribution in [0.3, 0.4) is 0 Å². The monoisotopic (exact) mass is 361 g/mol. The normalized spacial score (nSPS) is 22.6. The molecule has 0 aliphatic carbocycles. The number of aryl methyl sites for hydroxylation is 1. The van der Waals surface area contributed by atoms with E-state index >= 15 is 0 Å². The van der Waals surface area contributed by atoms with Crippen LogP contribution in [0.1, 0.15) is 25.0 Å². The lowest BCUT2D eigenvalue weighted by Crippen LogP contribution is -2.49. The number of pyridine rings is 1. The van der Waals surface area contributed by atoms with Gasteiger partial charge in [-0.1, -0.05) is 6.07 Å². The molecule has 3 aliphatic rings. The van der Waals surface area contributed by atoms with Gasteiger partial charge >= 0.3 is 0 Å². The molecular weight excluding hydrogens is 334 g/mol. The van der Waals surface area contributed by atoms with Crippen LogP contribution in [0, 0.1) is 12.8 Å². The predicted molar refractivity (Wildman–Crippen MR) is 96.7 cm³/mol. The zero-order valence-electron chi connectivity index (χ0n) is 15.5. The molecule has 2 amide bonds. The number of rotatable bonds is 6.